The van der Waals surface area contributed by atoms with Gasteiger partial charge < -0.3 is 5.73 Å². The highest BCUT2D eigenvalue weighted by atomic mass is 32.2. The third kappa shape index (κ3) is 4.99. The van der Waals surface area contributed by atoms with E-state index >= 15 is 0 Å². The lowest BCUT2D eigenvalue weighted by Crippen LogP contribution is -2.42. The molecule has 0 radical (unpaired) electrons. The number of aromatic nitrogens is 3. The predicted molar refractivity (Wildman–Crippen MR) is 115 cm³/mol. The van der Waals surface area contributed by atoms with Crippen LogP contribution in [0.4, 0.5) is 5.69 Å². The van der Waals surface area contributed by atoms with E-state index in [1.54, 1.807) is 42.6 Å². The molecule has 0 spiro atoms. The van der Waals surface area contributed by atoms with Gasteiger partial charge >= 0.3 is 0 Å². The molecule has 1 saturated heterocycles. The fourth-order valence-electron chi connectivity index (χ4n) is 3.51. The topological polar surface area (TPSA) is 114 Å². The molecule has 0 saturated carbocycles. The van der Waals surface area contributed by atoms with E-state index < -0.39 is 10.0 Å². The van der Waals surface area contributed by atoms with Crippen molar-refractivity contribution in [3.8, 4) is 11.3 Å². The van der Waals surface area contributed by atoms with Gasteiger partial charge in [-0.25, -0.2) is 8.42 Å². The van der Waals surface area contributed by atoms with Gasteiger partial charge in [-0.2, -0.15) is 10.2 Å². The summed E-state index contributed by atoms with van der Waals surface area (Å²) in [6, 6.07) is 13.9. The number of sulfonamides is 1. The molecule has 4 rings (SSSR count). The maximum Gasteiger partial charge on any atom is 0.261 e. The highest BCUT2D eigenvalue weighted by molar-refractivity contribution is 7.92. The van der Waals surface area contributed by atoms with Crippen LogP contribution in [0.25, 0.3) is 11.3 Å². The summed E-state index contributed by atoms with van der Waals surface area (Å²) in [7, 11) is -3.68. The summed E-state index contributed by atoms with van der Waals surface area (Å²) in [5.74, 6) is 0. The van der Waals surface area contributed by atoms with Crippen molar-refractivity contribution in [3.63, 3.8) is 0 Å². The number of nitrogens with one attached hydrogen (secondary N) is 1. The van der Waals surface area contributed by atoms with Crippen LogP contribution in [0.3, 0.4) is 0 Å². The minimum absolute atomic E-state index is 0.192. The number of nitrogens with two attached hydrogens (primary N) is 1. The molecule has 1 aliphatic rings. The van der Waals surface area contributed by atoms with Crippen LogP contribution in [-0.2, 0) is 16.6 Å². The van der Waals surface area contributed by atoms with Gasteiger partial charge in [0.05, 0.1) is 28.2 Å². The third-order valence-electron chi connectivity index (χ3n) is 4.99. The molecule has 3 aromatic rings. The van der Waals surface area contributed by atoms with E-state index in [9.17, 15) is 8.42 Å². The first-order chi connectivity index (χ1) is 14.5. The lowest BCUT2D eigenvalue weighted by molar-refractivity contribution is 0.199. The van der Waals surface area contributed by atoms with E-state index in [1.165, 1.54) is 6.20 Å². The zero-order chi connectivity index (χ0) is 21.0. The van der Waals surface area contributed by atoms with E-state index in [2.05, 4.69) is 24.8 Å². The fourth-order valence-corrected chi connectivity index (χ4v) is 4.57. The Morgan fingerprint density at radius 1 is 1.10 bits per heavy atom. The quantitative estimate of drug-likeness (QED) is 0.624. The van der Waals surface area contributed by atoms with Crippen LogP contribution in [0, 0.1) is 0 Å². The summed E-state index contributed by atoms with van der Waals surface area (Å²) in [4.78, 5) is 6.63. The number of hydrogen-bond acceptors (Lipinski definition) is 7. The molecule has 0 bridgehead atoms. The average Bonchev–Trinajstić information content (AvgIpc) is 2.75. The molecule has 1 aromatic carbocycles. The molecule has 0 amide bonds. The number of nitrogens with zero attached hydrogens (tertiary/aromatic N) is 4. The number of piperidine rings is 1. The van der Waals surface area contributed by atoms with Crippen LogP contribution in [0.1, 0.15) is 18.5 Å². The molecular weight excluding hydrogens is 400 g/mol. The Hall–Kier alpha value is -2.88. The van der Waals surface area contributed by atoms with Gasteiger partial charge in [0.1, 0.15) is 0 Å². The molecule has 156 valence electrons. The molecule has 1 unspecified atom stereocenters. The van der Waals surface area contributed by atoms with E-state index in [1.807, 2.05) is 12.1 Å². The second-order valence-corrected chi connectivity index (χ2v) is 9.11. The Morgan fingerprint density at radius 2 is 1.93 bits per heavy atom. The van der Waals surface area contributed by atoms with Crippen molar-refractivity contribution in [2.24, 2.45) is 5.73 Å². The van der Waals surface area contributed by atoms with Gasteiger partial charge in [0.15, 0.2) is 0 Å². The summed E-state index contributed by atoms with van der Waals surface area (Å²) < 4.78 is 27.6. The number of pyridine rings is 1. The van der Waals surface area contributed by atoms with E-state index in [-0.39, 0.29) is 10.9 Å². The molecule has 1 fully saturated rings. The summed E-state index contributed by atoms with van der Waals surface area (Å²) in [5, 5.41) is 8.63. The lowest BCUT2D eigenvalue weighted by atomic mass is 10.1. The van der Waals surface area contributed by atoms with Crippen LogP contribution in [0.15, 0.2) is 65.8 Å². The van der Waals surface area contributed by atoms with Crippen molar-refractivity contribution in [2.45, 2.75) is 30.3 Å². The number of rotatable bonds is 6. The molecule has 9 heteroatoms. The van der Waals surface area contributed by atoms with Crippen LogP contribution >= 0.6 is 0 Å². The maximum absolute atomic E-state index is 12.5. The summed E-state index contributed by atoms with van der Waals surface area (Å²) in [5.41, 5.74) is 8.59. The molecule has 30 heavy (non-hydrogen) atoms. The Bertz CT molecular complexity index is 1090. The standard InChI is InChI=1S/C21H24N6O2S/c22-17-5-4-10-27(14-17)15-18-8-9-21(25-24-18)16-11-19(13-23-12-16)26-30(28,29)20-6-2-1-3-7-20/h1-3,6-9,11-13,17,26H,4-5,10,14-15,22H2. The lowest BCUT2D eigenvalue weighted by Gasteiger charge is -2.30. The number of hydrogen-bond donors (Lipinski definition) is 2. The molecule has 3 heterocycles. The molecular formula is C21H24N6O2S. The van der Waals surface area contributed by atoms with Crippen molar-refractivity contribution in [3.05, 3.63) is 66.6 Å². The molecule has 1 aliphatic heterocycles. The van der Waals surface area contributed by atoms with Crippen LogP contribution in [-0.4, -0.2) is 47.6 Å². The van der Waals surface area contributed by atoms with E-state index in [0.29, 0.717) is 16.9 Å². The second-order valence-electron chi connectivity index (χ2n) is 7.43. The number of benzene rings is 1. The van der Waals surface area contributed by atoms with Gasteiger partial charge in [0.25, 0.3) is 10.0 Å². The van der Waals surface area contributed by atoms with Gasteiger partial charge in [-0.15, -0.1) is 0 Å². The predicted octanol–water partition coefficient (Wildman–Crippen LogP) is 2.26. The Labute approximate surface area is 176 Å². The largest absolute Gasteiger partial charge is 0.327 e. The first-order valence-corrected chi connectivity index (χ1v) is 11.3. The highest BCUT2D eigenvalue weighted by Gasteiger charge is 2.17. The van der Waals surface area contributed by atoms with E-state index in [0.717, 1.165) is 38.2 Å². The number of anilines is 1. The van der Waals surface area contributed by atoms with Crippen molar-refractivity contribution in [1.82, 2.24) is 20.1 Å². The summed E-state index contributed by atoms with van der Waals surface area (Å²) in [6.07, 6.45) is 5.27. The first kappa shape index (κ1) is 20.4. The average molecular weight is 425 g/mol. The van der Waals surface area contributed by atoms with Crippen LogP contribution in [0.2, 0.25) is 0 Å². The second kappa shape index (κ2) is 8.86. The zero-order valence-corrected chi connectivity index (χ0v) is 17.3. The van der Waals surface area contributed by atoms with Crippen molar-refractivity contribution in [1.29, 1.82) is 0 Å². The number of likely N-dealkylation sites (tertiary alicyclic amines) is 1. The molecule has 2 aromatic heterocycles. The Balaban J connectivity index is 1.47. The van der Waals surface area contributed by atoms with Crippen molar-refractivity contribution in [2.75, 3.05) is 17.8 Å². The smallest absolute Gasteiger partial charge is 0.261 e. The van der Waals surface area contributed by atoms with Gasteiger partial charge in [0, 0.05) is 30.9 Å². The monoisotopic (exact) mass is 424 g/mol. The van der Waals surface area contributed by atoms with E-state index in [4.69, 9.17) is 5.73 Å². The van der Waals surface area contributed by atoms with Gasteiger partial charge in [0.2, 0.25) is 0 Å². The molecule has 0 aliphatic carbocycles. The fraction of sp³-hybridized carbons (Fsp3) is 0.286. The summed E-state index contributed by atoms with van der Waals surface area (Å²) in [6.45, 7) is 2.61. The third-order valence-corrected chi connectivity index (χ3v) is 6.38. The van der Waals surface area contributed by atoms with Crippen molar-refractivity contribution < 1.29 is 8.42 Å². The van der Waals surface area contributed by atoms with Crippen molar-refractivity contribution >= 4 is 15.7 Å². The first-order valence-electron chi connectivity index (χ1n) is 9.83. The molecule has 8 nitrogen and oxygen atoms in total. The van der Waals surface area contributed by atoms with Gasteiger partial charge in [-0.1, -0.05) is 18.2 Å². The minimum Gasteiger partial charge on any atom is -0.327 e. The Morgan fingerprint density at radius 3 is 2.67 bits per heavy atom. The molecule has 1 atom stereocenters. The Kier molecular flexibility index (Phi) is 6.03. The summed E-state index contributed by atoms with van der Waals surface area (Å²) >= 11 is 0. The van der Waals surface area contributed by atoms with Crippen LogP contribution in [0.5, 0.6) is 0 Å². The zero-order valence-electron chi connectivity index (χ0n) is 16.5. The SMILES string of the molecule is NC1CCCN(Cc2ccc(-c3cncc(NS(=O)(=O)c4ccccc4)c3)nn2)C1. The van der Waals surface area contributed by atoms with Gasteiger partial charge in [-0.3, -0.25) is 14.6 Å². The minimum atomic E-state index is -3.68. The van der Waals surface area contributed by atoms with Crippen LogP contribution < -0.4 is 10.5 Å². The molecule has 3 N–H and O–H groups in total. The normalized spacial score (nSPS) is 17.6. The highest BCUT2D eigenvalue weighted by Crippen LogP contribution is 2.22. The van der Waals surface area contributed by atoms with Gasteiger partial charge in [-0.05, 0) is 49.7 Å². The maximum atomic E-state index is 12.5.